The van der Waals surface area contributed by atoms with Crippen LogP contribution in [-0.4, -0.2) is 18.3 Å². The van der Waals surface area contributed by atoms with Gasteiger partial charge in [-0.1, -0.05) is 42.5 Å². The molecule has 1 unspecified atom stereocenters. The van der Waals surface area contributed by atoms with E-state index in [-0.39, 0.29) is 6.61 Å². The van der Waals surface area contributed by atoms with Crippen molar-refractivity contribution < 1.29 is 9.84 Å². The van der Waals surface area contributed by atoms with Crippen LogP contribution in [0, 0.1) is 0 Å². The second-order valence-electron chi connectivity index (χ2n) is 6.40. The van der Waals surface area contributed by atoms with E-state index in [0.717, 1.165) is 24.2 Å². The molecule has 2 aromatic carbocycles. The topological polar surface area (TPSA) is 41.5 Å². The molecule has 3 nitrogen and oxygen atoms in total. The Morgan fingerprint density at radius 2 is 1.96 bits per heavy atom. The Bertz CT molecular complexity index is 650. The molecule has 2 aromatic rings. The number of hydrogen-bond donors (Lipinski definition) is 2. The molecule has 23 heavy (non-hydrogen) atoms. The summed E-state index contributed by atoms with van der Waals surface area (Å²) in [6.45, 7) is 2.28. The summed E-state index contributed by atoms with van der Waals surface area (Å²) in [5.74, 6) is 1.58. The number of aliphatic hydroxyl groups excluding tert-OH is 1. The lowest BCUT2D eigenvalue weighted by atomic mass is 9.75. The number of ether oxygens (including phenoxy) is 1. The van der Waals surface area contributed by atoms with Crippen LogP contribution in [-0.2, 0) is 6.61 Å². The number of rotatable bonds is 6. The summed E-state index contributed by atoms with van der Waals surface area (Å²) in [5.41, 5.74) is 3.52. The van der Waals surface area contributed by atoms with Gasteiger partial charge in [-0.05, 0) is 48.4 Å². The lowest BCUT2D eigenvalue weighted by molar-refractivity contribution is 0.264. The van der Waals surface area contributed by atoms with Crippen molar-refractivity contribution in [2.45, 2.75) is 44.4 Å². The van der Waals surface area contributed by atoms with Crippen molar-refractivity contribution in [3.63, 3.8) is 0 Å². The highest BCUT2D eigenvalue weighted by atomic mass is 16.5. The number of hydrogen-bond acceptors (Lipinski definition) is 3. The Hall–Kier alpha value is -1.84. The SMILES string of the molecule is COc1ccccc1C1CC(NC(C)c2cccc(CO)c2)C1. The molecule has 3 heteroatoms. The van der Waals surface area contributed by atoms with Crippen LogP contribution in [0.25, 0.3) is 0 Å². The number of para-hydroxylation sites is 1. The van der Waals surface area contributed by atoms with E-state index in [9.17, 15) is 5.11 Å². The largest absolute Gasteiger partial charge is 0.496 e. The molecular weight excluding hydrogens is 286 g/mol. The molecular formula is C20H25NO2. The highest BCUT2D eigenvalue weighted by molar-refractivity contribution is 5.38. The van der Waals surface area contributed by atoms with Crippen LogP contribution in [0.15, 0.2) is 48.5 Å². The fraction of sp³-hybridized carbons (Fsp3) is 0.400. The smallest absolute Gasteiger partial charge is 0.122 e. The molecule has 1 saturated carbocycles. The zero-order valence-corrected chi connectivity index (χ0v) is 13.8. The maximum Gasteiger partial charge on any atom is 0.122 e. The molecule has 0 spiro atoms. The summed E-state index contributed by atoms with van der Waals surface area (Å²) in [6, 6.07) is 17.3. The van der Waals surface area contributed by atoms with E-state index in [2.05, 4.69) is 36.5 Å². The second-order valence-corrected chi connectivity index (χ2v) is 6.40. The summed E-state index contributed by atoms with van der Waals surface area (Å²) in [4.78, 5) is 0. The fourth-order valence-corrected chi connectivity index (χ4v) is 3.42. The van der Waals surface area contributed by atoms with E-state index in [1.165, 1.54) is 11.1 Å². The van der Waals surface area contributed by atoms with Gasteiger partial charge < -0.3 is 15.2 Å². The average molecular weight is 311 g/mol. The zero-order valence-electron chi connectivity index (χ0n) is 13.8. The van der Waals surface area contributed by atoms with Gasteiger partial charge in [-0.15, -0.1) is 0 Å². The van der Waals surface area contributed by atoms with Gasteiger partial charge in [-0.25, -0.2) is 0 Å². The highest BCUT2D eigenvalue weighted by Crippen LogP contribution is 2.41. The fourth-order valence-electron chi connectivity index (χ4n) is 3.42. The molecule has 0 aliphatic heterocycles. The van der Waals surface area contributed by atoms with Gasteiger partial charge in [0, 0.05) is 12.1 Å². The van der Waals surface area contributed by atoms with Crippen molar-refractivity contribution in [3.05, 3.63) is 65.2 Å². The minimum Gasteiger partial charge on any atom is -0.496 e. The van der Waals surface area contributed by atoms with Crippen molar-refractivity contribution in [1.29, 1.82) is 0 Å². The first-order valence-corrected chi connectivity index (χ1v) is 8.30. The van der Waals surface area contributed by atoms with Gasteiger partial charge in [0.15, 0.2) is 0 Å². The van der Waals surface area contributed by atoms with Gasteiger partial charge in [0.1, 0.15) is 5.75 Å². The molecule has 3 rings (SSSR count). The predicted octanol–water partition coefficient (Wildman–Crippen LogP) is 3.78. The van der Waals surface area contributed by atoms with Crippen LogP contribution in [0.4, 0.5) is 0 Å². The lowest BCUT2D eigenvalue weighted by Gasteiger charge is -2.38. The molecule has 2 N–H and O–H groups in total. The highest BCUT2D eigenvalue weighted by Gasteiger charge is 2.32. The van der Waals surface area contributed by atoms with Gasteiger partial charge in [0.2, 0.25) is 0 Å². The van der Waals surface area contributed by atoms with Crippen LogP contribution in [0.5, 0.6) is 5.75 Å². The Morgan fingerprint density at radius 1 is 1.17 bits per heavy atom. The molecule has 0 bridgehead atoms. The molecule has 0 amide bonds. The predicted molar refractivity (Wildman–Crippen MR) is 92.7 cm³/mol. The first-order chi connectivity index (χ1) is 11.2. The van der Waals surface area contributed by atoms with Crippen molar-refractivity contribution in [1.82, 2.24) is 5.32 Å². The second kappa shape index (κ2) is 7.16. The average Bonchev–Trinajstić information content (AvgIpc) is 2.57. The van der Waals surface area contributed by atoms with Crippen LogP contribution in [0.3, 0.4) is 0 Å². The van der Waals surface area contributed by atoms with Gasteiger partial charge in [0.05, 0.1) is 13.7 Å². The third-order valence-corrected chi connectivity index (χ3v) is 4.84. The number of benzene rings is 2. The maximum absolute atomic E-state index is 9.26. The molecule has 1 fully saturated rings. The molecule has 0 aromatic heterocycles. The number of aliphatic hydroxyl groups is 1. The molecule has 0 radical (unpaired) electrons. The van der Waals surface area contributed by atoms with Crippen LogP contribution < -0.4 is 10.1 Å². The Labute approximate surface area is 138 Å². The monoisotopic (exact) mass is 311 g/mol. The molecule has 122 valence electrons. The third-order valence-electron chi connectivity index (χ3n) is 4.84. The normalized spacial score (nSPS) is 21.5. The van der Waals surface area contributed by atoms with E-state index in [4.69, 9.17) is 4.74 Å². The van der Waals surface area contributed by atoms with Crippen molar-refractivity contribution >= 4 is 0 Å². The Morgan fingerprint density at radius 3 is 2.70 bits per heavy atom. The van der Waals surface area contributed by atoms with E-state index in [1.54, 1.807) is 7.11 Å². The standard InChI is InChI=1S/C20H25NO2/c1-14(16-7-5-6-15(10-16)13-22)21-18-11-17(12-18)19-8-3-4-9-20(19)23-2/h3-10,14,17-18,21-22H,11-13H2,1-2H3. The Balaban J connectivity index is 1.57. The van der Waals surface area contributed by atoms with Crippen LogP contribution in [0.1, 0.15) is 48.4 Å². The first-order valence-electron chi connectivity index (χ1n) is 8.30. The van der Waals surface area contributed by atoms with Gasteiger partial charge in [-0.2, -0.15) is 0 Å². The third kappa shape index (κ3) is 3.57. The Kier molecular flexibility index (Phi) is 4.99. The first kappa shape index (κ1) is 16.0. The number of nitrogens with one attached hydrogen (secondary N) is 1. The van der Waals surface area contributed by atoms with Crippen LogP contribution in [0.2, 0.25) is 0 Å². The van der Waals surface area contributed by atoms with Gasteiger partial charge in [0.25, 0.3) is 0 Å². The molecule has 0 saturated heterocycles. The zero-order chi connectivity index (χ0) is 16.2. The van der Waals surface area contributed by atoms with E-state index in [1.807, 2.05) is 24.3 Å². The summed E-state index contributed by atoms with van der Waals surface area (Å²) >= 11 is 0. The molecule has 1 aliphatic carbocycles. The van der Waals surface area contributed by atoms with Crippen molar-refractivity contribution in [2.75, 3.05) is 7.11 Å². The van der Waals surface area contributed by atoms with Crippen molar-refractivity contribution in [2.24, 2.45) is 0 Å². The minimum atomic E-state index is 0.0971. The van der Waals surface area contributed by atoms with Gasteiger partial charge >= 0.3 is 0 Å². The summed E-state index contributed by atoms with van der Waals surface area (Å²) in [5, 5.41) is 13.0. The van der Waals surface area contributed by atoms with E-state index < -0.39 is 0 Å². The lowest BCUT2D eigenvalue weighted by Crippen LogP contribution is -2.41. The van der Waals surface area contributed by atoms with Crippen LogP contribution >= 0.6 is 0 Å². The van der Waals surface area contributed by atoms with Crippen molar-refractivity contribution in [3.8, 4) is 5.75 Å². The van der Waals surface area contributed by atoms with Gasteiger partial charge in [-0.3, -0.25) is 0 Å². The van der Waals surface area contributed by atoms with E-state index in [0.29, 0.717) is 18.0 Å². The summed E-state index contributed by atoms with van der Waals surface area (Å²) in [7, 11) is 1.74. The summed E-state index contributed by atoms with van der Waals surface area (Å²) in [6.07, 6.45) is 2.29. The molecule has 1 atom stereocenters. The molecule has 0 heterocycles. The molecule has 1 aliphatic rings. The number of methoxy groups -OCH3 is 1. The minimum absolute atomic E-state index is 0.0971. The van der Waals surface area contributed by atoms with E-state index >= 15 is 0 Å². The summed E-state index contributed by atoms with van der Waals surface area (Å²) < 4.78 is 5.47. The maximum atomic E-state index is 9.26. The quantitative estimate of drug-likeness (QED) is 0.853.